The lowest BCUT2D eigenvalue weighted by Crippen LogP contribution is -2.19. The van der Waals surface area contributed by atoms with Gasteiger partial charge in [0.15, 0.2) is 0 Å². The summed E-state index contributed by atoms with van der Waals surface area (Å²) in [6, 6.07) is 0.875. The lowest BCUT2D eigenvalue weighted by molar-refractivity contribution is -0.165. The first-order valence-corrected chi connectivity index (χ1v) is 5.05. The van der Waals surface area contributed by atoms with E-state index in [9.17, 15) is 31.1 Å². The fourth-order valence-electron chi connectivity index (χ4n) is 0.714. The number of hydrogen-bond acceptors (Lipinski definition) is 3. The van der Waals surface area contributed by atoms with Crippen LogP contribution in [0.15, 0.2) is 24.6 Å². The molecule has 0 bridgehead atoms. The lowest BCUT2D eigenvalue weighted by atomic mass is 10.4. The van der Waals surface area contributed by atoms with Crippen LogP contribution in [0, 0.1) is 0 Å². The van der Waals surface area contributed by atoms with Crippen molar-refractivity contribution in [3.63, 3.8) is 0 Å². The number of carbonyl (C=O) groups is 1. The zero-order valence-corrected chi connectivity index (χ0v) is 10.0. The third-order valence-electron chi connectivity index (χ3n) is 1.57. The highest BCUT2D eigenvalue weighted by atomic mass is 19.4. The fourth-order valence-corrected chi connectivity index (χ4v) is 0.714. The average molecular weight is 304 g/mol. The molecule has 20 heavy (non-hydrogen) atoms. The van der Waals surface area contributed by atoms with Gasteiger partial charge < -0.3 is 4.74 Å². The van der Waals surface area contributed by atoms with Crippen molar-refractivity contribution >= 4 is 5.78 Å². The van der Waals surface area contributed by atoms with Crippen LogP contribution in [0.1, 0.15) is 12.6 Å². The van der Waals surface area contributed by atoms with Gasteiger partial charge >= 0.3 is 12.4 Å². The number of alkyl halides is 6. The number of aromatic nitrogens is 2. The van der Waals surface area contributed by atoms with Crippen LogP contribution in [-0.2, 0) is 15.7 Å². The van der Waals surface area contributed by atoms with E-state index in [0.29, 0.717) is 6.08 Å². The number of ketones is 1. The molecule has 0 radical (unpaired) electrons. The highest BCUT2D eigenvalue weighted by Crippen LogP contribution is 2.26. The van der Waals surface area contributed by atoms with Crippen molar-refractivity contribution in [2.24, 2.45) is 0 Å². The first-order valence-electron chi connectivity index (χ1n) is 5.05. The number of allylic oxidation sites excluding steroid dienone is 1. The number of aromatic amines is 1. The summed E-state index contributed by atoms with van der Waals surface area (Å²) in [4.78, 5) is 10.0. The third-order valence-corrected chi connectivity index (χ3v) is 1.57. The second kappa shape index (κ2) is 7.56. The monoisotopic (exact) mass is 304 g/mol. The van der Waals surface area contributed by atoms with Crippen LogP contribution in [0.3, 0.4) is 0 Å². The molecule has 0 saturated heterocycles. The molecule has 0 aliphatic carbocycles. The van der Waals surface area contributed by atoms with Crippen molar-refractivity contribution in [2.75, 3.05) is 6.61 Å². The number of carbonyl (C=O) groups excluding carboxylic acids is 1. The number of nitrogens with one attached hydrogen (secondary N) is 1. The molecule has 1 N–H and O–H groups in total. The maximum Gasteiger partial charge on any atom is 0.454 e. The summed E-state index contributed by atoms with van der Waals surface area (Å²) in [7, 11) is 0. The Morgan fingerprint density at radius 2 is 1.95 bits per heavy atom. The molecule has 0 aliphatic rings. The molecule has 4 nitrogen and oxygen atoms in total. The molecular weight excluding hydrogens is 294 g/mol. The number of H-pyrrole nitrogens is 1. The molecule has 0 spiro atoms. The molecule has 1 aromatic heterocycles. The topological polar surface area (TPSA) is 55.0 Å². The number of halogens is 6. The van der Waals surface area contributed by atoms with Crippen molar-refractivity contribution < 1.29 is 35.9 Å². The van der Waals surface area contributed by atoms with E-state index in [2.05, 4.69) is 9.84 Å². The number of rotatable bonds is 3. The van der Waals surface area contributed by atoms with Crippen LogP contribution in [0.2, 0.25) is 0 Å². The Balaban J connectivity index is 0.000000367. The van der Waals surface area contributed by atoms with Gasteiger partial charge in [-0.2, -0.15) is 31.4 Å². The minimum Gasteiger partial charge on any atom is -0.501 e. The van der Waals surface area contributed by atoms with Gasteiger partial charge in [-0.25, -0.2) is 0 Å². The second-order valence-corrected chi connectivity index (χ2v) is 3.09. The smallest absolute Gasteiger partial charge is 0.454 e. The van der Waals surface area contributed by atoms with Crippen LogP contribution < -0.4 is 0 Å². The predicted molar refractivity (Wildman–Crippen MR) is 55.4 cm³/mol. The Morgan fingerprint density at radius 1 is 1.35 bits per heavy atom. The highest BCUT2D eigenvalue weighted by molar-refractivity contribution is 5.94. The molecule has 114 valence electrons. The molecule has 0 atom stereocenters. The zero-order chi connectivity index (χ0) is 15.8. The molecule has 0 saturated carbocycles. The van der Waals surface area contributed by atoms with Crippen molar-refractivity contribution in [1.82, 2.24) is 10.2 Å². The van der Waals surface area contributed by atoms with Crippen LogP contribution in [0.5, 0.6) is 0 Å². The Hall–Kier alpha value is -2.00. The van der Waals surface area contributed by atoms with E-state index in [-0.39, 0.29) is 6.61 Å². The van der Waals surface area contributed by atoms with Gasteiger partial charge in [0.1, 0.15) is 5.69 Å². The summed E-state index contributed by atoms with van der Waals surface area (Å²) in [5.41, 5.74) is -0.817. The van der Waals surface area contributed by atoms with Gasteiger partial charge in [-0.15, -0.1) is 0 Å². The number of hydrogen-bond donors (Lipinski definition) is 1. The predicted octanol–water partition coefficient (Wildman–Crippen LogP) is 3.10. The molecule has 1 aromatic rings. The lowest BCUT2D eigenvalue weighted by Gasteiger charge is -1.99. The van der Waals surface area contributed by atoms with Gasteiger partial charge in [-0.05, 0) is 13.0 Å². The van der Waals surface area contributed by atoms with Crippen molar-refractivity contribution in [2.45, 2.75) is 19.3 Å². The molecule has 0 fully saturated rings. The SMILES string of the molecule is CCO/C=C\C(=O)C(F)(F)F.FC(F)(F)c1ccn[nH]1. The van der Waals surface area contributed by atoms with Gasteiger partial charge in [0.2, 0.25) is 0 Å². The summed E-state index contributed by atoms with van der Waals surface area (Å²) in [5, 5.41) is 4.95. The van der Waals surface area contributed by atoms with Crippen LogP contribution in [0.25, 0.3) is 0 Å². The van der Waals surface area contributed by atoms with Crippen molar-refractivity contribution in [1.29, 1.82) is 0 Å². The van der Waals surface area contributed by atoms with E-state index in [1.165, 1.54) is 0 Å². The molecule has 0 amide bonds. The Labute approximate surface area is 109 Å². The maximum atomic E-state index is 11.5. The van der Waals surface area contributed by atoms with E-state index in [1.807, 2.05) is 0 Å². The van der Waals surface area contributed by atoms with Crippen molar-refractivity contribution in [3.8, 4) is 0 Å². The van der Waals surface area contributed by atoms with E-state index in [4.69, 9.17) is 0 Å². The summed E-state index contributed by atoms with van der Waals surface area (Å²) < 4.78 is 73.3. The Kier molecular flexibility index (Phi) is 6.80. The average Bonchev–Trinajstić information content (AvgIpc) is 2.81. The normalized spacial score (nSPS) is 11.9. The van der Waals surface area contributed by atoms with Crippen molar-refractivity contribution in [3.05, 3.63) is 30.3 Å². The van der Waals surface area contributed by atoms with Gasteiger partial charge in [0.05, 0.1) is 12.9 Å². The fraction of sp³-hybridized carbons (Fsp3) is 0.400. The first-order chi connectivity index (χ1) is 9.09. The highest BCUT2D eigenvalue weighted by Gasteiger charge is 2.36. The first kappa shape index (κ1) is 18.0. The summed E-state index contributed by atoms with van der Waals surface area (Å²) in [6.45, 7) is 1.84. The molecule has 0 aromatic carbocycles. The molecule has 0 aliphatic heterocycles. The van der Waals surface area contributed by atoms with Crippen LogP contribution >= 0.6 is 0 Å². The Bertz CT molecular complexity index is 422. The van der Waals surface area contributed by atoms with Crippen LogP contribution in [0.4, 0.5) is 26.3 Å². The molecule has 0 unspecified atom stereocenters. The second-order valence-electron chi connectivity index (χ2n) is 3.09. The molecule has 1 rings (SSSR count). The Morgan fingerprint density at radius 3 is 2.25 bits per heavy atom. The minimum atomic E-state index is -4.80. The third kappa shape index (κ3) is 7.44. The van der Waals surface area contributed by atoms with E-state index in [0.717, 1.165) is 18.5 Å². The number of ether oxygens (including phenoxy) is 1. The van der Waals surface area contributed by atoms with E-state index >= 15 is 0 Å². The molecular formula is C10H10F6N2O2. The maximum absolute atomic E-state index is 11.5. The van der Waals surface area contributed by atoms with E-state index in [1.54, 1.807) is 12.0 Å². The zero-order valence-electron chi connectivity index (χ0n) is 10.0. The van der Waals surface area contributed by atoms with E-state index < -0.39 is 23.8 Å². The molecule has 1 heterocycles. The van der Waals surface area contributed by atoms with Gasteiger partial charge in [-0.3, -0.25) is 9.89 Å². The summed E-state index contributed by atoms with van der Waals surface area (Å²) in [5.74, 6) is -1.91. The quantitative estimate of drug-likeness (QED) is 0.530. The number of nitrogens with zero attached hydrogens (tertiary/aromatic N) is 1. The largest absolute Gasteiger partial charge is 0.501 e. The standard InChI is InChI=1S/C6H7F3O2.C4H3F3N2/c1-2-11-4-3-5(10)6(7,8)9;5-4(6,7)3-1-2-8-9-3/h3-4H,2H2,1H3;1-2H,(H,8,9)/b4-3-;. The van der Waals surface area contributed by atoms with Gasteiger partial charge in [0.25, 0.3) is 5.78 Å². The summed E-state index contributed by atoms with van der Waals surface area (Å²) in [6.07, 6.45) is -6.95. The van der Waals surface area contributed by atoms with Crippen LogP contribution in [-0.4, -0.2) is 28.8 Å². The van der Waals surface area contributed by atoms with Gasteiger partial charge in [0, 0.05) is 12.3 Å². The minimum absolute atomic E-state index is 0.238. The summed E-state index contributed by atoms with van der Waals surface area (Å²) >= 11 is 0. The molecule has 10 heteroatoms. The van der Waals surface area contributed by atoms with Gasteiger partial charge in [-0.1, -0.05) is 0 Å².